The average molecular weight is 274 g/mol. The predicted molar refractivity (Wildman–Crippen MR) is 80.3 cm³/mol. The summed E-state index contributed by atoms with van der Waals surface area (Å²) in [7, 11) is 1.70. The number of rotatable bonds is 6. The molecule has 0 aromatic rings. The van der Waals surface area contributed by atoms with Crippen molar-refractivity contribution in [3.8, 4) is 0 Å². The summed E-state index contributed by atoms with van der Waals surface area (Å²) in [4.78, 5) is 15.7. The van der Waals surface area contributed by atoms with E-state index in [1.807, 2.05) is 32.5 Å². The Bertz CT molecular complexity index is 274. The Labute approximate surface area is 115 Å². The molecule has 6 heteroatoms. The Morgan fingerprint density at radius 1 is 1.28 bits per heavy atom. The van der Waals surface area contributed by atoms with Crippen LogP contribution in [0.2, 0.25) is 0 Å². The van der Waals surface area contributed by atoms with Crippen LogP contribution in [0.1, 0.15) is 27.2 Å². The van der Waals surface area contributed by atoms with Crippen LogP contribution in [0.3, 0.4) is 0 Å². The fourth-order valence-electron chi connectivity index (χ4n) is 1.27. The Morgan fingerprint density at radius 3 is 2.44 bits per heavy atom. The molecule has 106 valence electrons. The second-order valence-corrected chi connectivity index (χ2v) is 5.98. The summed E-state index contributed by atoms with van der Waals surface area (Å²) in [6, 6.07) is 0. The standard InChI is InChI=1S/C12H26N4OS/c1-12(2,3)16-10(17)9-15-11(13-4)14-7-6-8-18-5/h6-9H2,1-5H3,(H,16,17)(H2,13,14,15). The van der Waals surface area contributed by atoms with E-state index in [0.29, 0.717) is 5.96 Å². The highest BCUT2D eigenvalue weighted by Gasteiger charge is 2.13. The number of carbonyl (C=O) groups is 1. The number of nitrogens with one attached hydrogen (secondary N) is 3. The molecule has 0 aliphatic heterocycles. The van der Waals surface area contributed by atoms with E-state index in [-0.39, 0.29) is 18.0 Å². The van der Waals surface area contributed by atoms with Crippen molar-refractivity contribution in [3.63, 3.8) is 0 Å². The van der Waals surface area contributed by atoms with Gasteiger partial charge in [-0.2, -0.15) is 11.8 Å². The van der Waals surface area contributed by atoms with Gasteiger partial charge in [-0.1, -0.05) is 0 Å². The molecule has 1 amide bonds. The molecule has 18 heavy (non-hydrogen) atoms. The average Bonchev–Trinajstić information content (AvgIpc) is 2.26. The molecule has 0 bridgehead atoms. The monoisotopic (exact) mass is 274 g/mol. The van der Waals surface area contributed by atoms with Crippen LogP contribution in [0.5, 0.6) is 0 Å². The summed E-state index contributed by atoms with van der Waals surface area (Å²) in [5.74, 6) is 1.75. The quantitative estimate of drug-likeness (QED) is 0.381. The molecule has 0 radical (unpaired) electrons. The maximum atomic E-state index is 11.6. The summed E-state index contributed by atoms with van der Waals surface area (Å²) in [5, 5.41) is 9.04. The smallest absolute Gasteiger partial charge is 0.239 e. The van der Waals surface area contributed by atoms with Crippen molar-refractivity contribution in [3.05, 3.63) is 0 Å². The van der Waals surface area contributed by atoms with Crippen LogP contribution in [0.15, 0.2) is 4.99 Å². The fraction of sp³-hybridized carbons (Fsp3) is 0.833. The molecule has 0 unspecified atom stereocenters. The van der Waals surface area contributed by atoms with Crippen molar-refractivity contribution in [2.24, 2.45) is 4.99 Å². The zero-order valence-electron chi connectivity index (χ0n) is 12.1. The van der Waals surface area contributed by atoms with E-state index in [0.717, 1.165) is 18.7 Å². The second kappa shape index (κ2) is 9.08. The summed E-state index contributed by atoms with van der Waals surface area (Å²) in [6.45, 7) is 6.97. The van der Waals surface area contributed by atoms with Crippen LogP contribution in [-0.2, 0) is 4.79 Å². The molecule has 0 aliphatic carbocycles. The molecule has 0 rings (SSSR count). The number of amides is 1. The first-order valence-corrected chi connectivity index (χ1v) is 7.53. The third kappa shape index (κ3) is 10.3. The molecule has 0 heterocycles. The molecule has 0 spiro atoms. The lowest BCUT2D eigenvalue weighted by Gasteiger charge is -2.21. The van der Waals surface area contributed by atoms with Gasteiger partial charge in [0.1, 0.15) is 0 Å². The van der Waals surface area contributed by atoms with Gasteiger partial charge >= 0.3 is 0 Å². The first-order valence-electron chi connectivity index (χ1n) is 6.13. The van der Waals surface area contributed by atoms with Gasteiger partial charge in [-0.05, 0) is 39.2 Å². The van der Waals surface area contributed by atoms with Crippen molar-refractivity contribution in [2.45, 2.75) is 32.7 Å². The molecule has 0 aliphatic rings. The van der Waals surface area contributed by atoms with E-state index in [1.165, 1.54) is 0 Å². The molecule has 0 aromatic carbocycles. The van der Waals surface area contributed by atoms with E-state index < -0.39 is 0 Å². The topological polar surface area (TPSA) is 65.5 Å². The molecule has 0 saturated heterocycles. The number of guanidine groups is 1. The minimum atomic E-state index is -0.200. The third-order valence-corrected chi connectivity index (χ3v) is 2.67. The highest BCUT2D eigenvalue weighted by Crippen LogP contribution is 1.97. The molecule has 3 N–H and O–H groups in total. The van der Waals surface area contributed by atoms with Crippen LogP contribution in [0.25, 0.3) is 0 Å². The predicted octanol–water partition coefficient (Wildman–Crippen LogP) is 0.819. The molecule has 0 saturated carbocycles. The Hall–Kier alpha value is -0.910. The lowest BCUT2D eigenvalue weighted by molar-refractivity contribution is -0.121. The van der Waals surface area contributed by atoms with E-state index in [2.05, 4.69) is 27.2 Å². The number of carbonyl (C=O) groups excluding carboxylic acids is 1. The van der Waals surface area contributed by atoms with E-state index >= 15 is 0 Å². The maximum Gasteiger partial charge on any atom is 0.239 e. The number of hydrogen-bond acceptors (Lipinski definition) is 3. The van der Waals surface area contributed by atoms with Gasteiger partial charge in [0.25, 0.3) is 0 Å². The van der Waals surface area contributed by atoms with Crippen LogP contribution in [-0.4, -0.2) is 49.6 Å². The first kappa shape index (κ1) is 17.1. The molecular weight excluding hydrogens is 248 g/mol. The molecule has 0 atom stereocenters. The minimum Gasteiger partial charge on any atom is -0.356 e. The molecule has 5 nitrogen and oxygen atoms in total. The maximum absolute atomic E-state index is 11.6. The number of nitrogens with zero attached hydrogens (tertiary/aromatic N) is 1. The van der Waals surface area contributed by atoms with Gasteiger partial charge in [-0.3, -0.25) is 9.79 Å². The minimum absolute atomic E-state index is 0.0328. The van der Waals surface area contributed by atoms with Gasteiger partial charge in [-0.15, -0.1) is 0 Å². The summed E-state index contributed by atoms with van der Waals surface area (Å²) in [6.07, 6.45) is 3.17. The van der Waals surface area contributed by atoms with Gasteiger partial charge in [0.2, 0.25) is 5.91 Å². The van der Waals surface area contributed by atoms with Crippen molar-refractivity contribution >= 4 is 23.6 Å². The lowest BCUT2D eigenvalue weighted by atomic mass is 10.1. The van der Waals surface area contributed by atoms with Gasteiger partial charge in [-0.25, -0.2) is 0 Å². The largest absolute Gasteiger partial charge is 0.356 e. The SMILES string of the molecule is CN=C(NCCCSC)NCC(=O)NC(C)(C)C. The first-order chi connectivity index (χ1) is 8.39. The number of hydrogen-bond donors (Lipinski definition) is 3. The van der Waals surface area contributed by atoms with E-state index in [1.54, 1.807) is 7.05 Å². The van der Waals surface area contributed by atoms with E-state index in [4.69, 9.17) is 0 Å². The zero-order valence-corrected chi connectivity index (χ0v) is 12.9. The zero-order chi connectivity index (χ0) is 14.0. The van der Waals surface area contributed by atoms with E-state index in [9.17, 15) is 4.79 Å². The summed E-state index contributed by atoms with van der Waals surface area (Å²) >= 11 is 1.82. The highest BCUT2D eigenvalue weighted by molar-refractivity contribution is 7.98. The van der Waals surface area contributed by atoms with Crippen LogP contribution >= 0.6 is 11.8 Å². The molecular formula is C12H26N4OS. The Kier molecular flexibility index (Phi) is 8.62. The number of thioether (sulfide) groups is 1. The molecule has 0 fully saturated rings. The highest BCUT2D eigenvalue weighted by atomic mass is 32.2. The number of aliphatic imine (C=N–C) groups is 1. The van der Waals surface area contributed by atoms with Crippen LogP contribution < -0.4 is 16.0 Å². The summed E-state index contributed by atoms with van der Waals surface area (Å²) in [5.41, 5.74) is -0.200. The van der Waals surface area contributed by atoms with Crippen molar-refractivity contribution in [1.29, 1.82) is 0 Å². The molecule has 0 aromatic heterocycles. The fourth-order valence-corrected chi connectivity index (χ4v) is 1.70. The van der Waals surface area contributed by atoms with Gasteiger partial charge in [0.15, 0.2) is 5.96 Å². The van der Waals surface area contributed by atoms with Crippen molar-refractivity contribution in [2.75, 3.05) is 32.1 Å². The van der Waals surface area contributed by atoms with Crippen LogP contribution in [0.4, 0.5) is 0 Å². The Morgan fingerprint density at radius 2 is 1.94 bits per heavy atom. The van der Waals surface area contributed by atoms with Crippen molar-refractivity contribution in [1.82, 2.24) is 16.0 Å². The lowest BCUT2D eigenvalue weighted by Crippen LogP contribution is -2.48. The normalized spacial score (nSPS) is 12.2. The van der Waals surface area contributed by atoms with Gasteiger partial charge < -0.3 is 16.0 Å². The third-order valence-electron chi connectivity index (χ3n) is 1.97. The van der Waals surface area contributed by atoms with Gasteiger partial charge in [0.05, 0.1) is 6.54 Å². The van der Waals surface area contributed by atoms with Crippen LogP contribution in [0, 0.1) is 0 Å². The van der Waals surface area contributed by atoms with Crippen molar-refractivity contribution < 1.29 is 4.79 Å². The van der Waals surface area contributed by atoms with Gasteiger partial charge in [0, 0.05) is 19.1 Å². The summed E-state index contributed by atoms with van der Waals surface area (Å²) < 4.78 is 0. The second-order valence-electron chi connectivity index (χ2n) is 5.00. The Balaban J connectivity index is 3.84.